The van der Waals surface area contributed by atoms with Crippen LogP contribution in [0.4, 0.5) is 0 Å². The molecular formula is C90H162NO8+. The number of aliphatic carboxylic acids is 1. The number of nitrogens with zero attached hydrogens (tertiary/aromatic N) is 1. The summed E-state index contributed by atoms with van der Waals surface area (Å²) in [6.45, 7) is 4.71. The second-order valence-corrected chi connectivity index (χ2v) is 29.7. The fourth-order valence-electron chi connectivity index (χ4n) is 12.5. The van der Waals surface area contributed by atoms with Crippen molar-refractivity contribution in [2.75, 3.05) is 47.5 Å². The summed E-state index contributed by atoms with van der Waals surface area (Å²) in [5.74, 6) is -1.98. The fraction of sp³-hybridized carbons (Fsp3) is 0.789. The Hall–Kier alpha value is -3.79. The first-order valence-corrected chi connectivity index (χ1v) is 42.4. The number of hydrogen-bond donors (Lipinski definition) is 1. The van der Waals surface area contributed by atoms with Gasteiger partial charge in [0, 0.05) is 12.8 Å². The molecule has 0 saturated carbocycles. The molecule has 0 heterocycles. The van der Waals surface area contributed by atoms with Gasteiger partial charge in [-0.3, -0.25) is 9.59 Å². The number of allylic oxidation sites excluding steroid dienone is 16. The third kappa shape index (κ3) is 81.4. The predicted molar refractivity (Wildman–Crippen MR) is 429 cm³/mol. The van der Waals surface area contributed by atoms with Crippen molar-refractivity contribution in [3.63, 3.8) is 0 Å². The maximum atomic E-state index is 13.0. The topological polar surface area (TPSA) is 108 Å². The van der Waals surface area contributed by atoms with Gasteiger partial charge in [0.25, 0.3) is 6.29 Å². The zero-order valence-corrected chi connectivity index (χ0v) is 65.9. The first-order valence-electron chi connectivity index (χ1n) is 42.4. The summed E-state index contributed by atoms with van der Waals surface area (Å²) in [7, 11) is 6.00. The van der Waals surface area contributed by atoms with Crippen LogP contribution in [-0.2, 0) is 33.3 Å². The van der Waals surface area contributed by atoms with Crippen LogP contribution in [0.3, 0.4) is 0 Å². The van der Waals surface area contributed by atoms with Crippen LogP contribution in [0.15, 0.2) is 97.2 Å². The average molecular weight is 1390 g/mol. The monoisotopic (exact) mass is 1390 g/mol. The first kappa shape index (κ1) is 95.2. The second-order valence-electron chi connectivity index (χ2n) is 29.7. The molecule has 0 aliphatic heterocycles. The number of unbranched alkanes of at least 4 members (excludes halogenated alkanes) is 48. The lowest BCUT2D eigenvalue weighted by Gasteiger charge is -2.25. The molecule has 0 aromatic rings. The highest BCUT2D eigenvalue weighted by molar-refractivity contribution is 5.71. The van der Waals surface area contributed by atoms with E-state index in [-0.39, 0.29) is 38.2 Å². The highest BCUT2D eigenvalue weighted by Gasteiger charge is 2.25. The molecule has 0 amide bonds. The largest absolute Gasteiger partial charge is 0.477 e. The zero-order valence-electron chi connectivity index (χ0n) is 65.9. The minimum Gasteiger partial charge on any atom is -0.477 e. The third-order valence-electron chi connectivity index (χ3n) is 18.8. The molecular weight excluding hydrogens is 1220 g/mol. The molecule has 99 heavy (non-hydrogen) atoms. The first-order chi connectivity index (χ1) is 48.6. The maximum Gasteiger partial charge on any atom is 0.361 e. The van der Waals surface area contributed by atoms with Crippen molar-refractivity contribution >= 4 is 17.9 Å². The Morgan fingerprint density at radius 1 is 0.303 bits per heavy atom. The standard InChI is InChI=1S/C90H161NO8/c1-6-8-10-12-14-16-18-20-22-24-26-28-30-32-34-36-38-40-41-42-43-44-45-46-47-49-51-53-55-57-59-61-63-65-67-69-71-73-75-77-79-81-88(93)99-86(85-98-90(89(94)95)96-83-82-91(3,4)5)84-97-87(92)80-78-76-74-72-70-68-66-64-62-60-58-56-54-52-50-48-39-37-35-33-31-29-27-25-23-21-19-17-15-13-11-9-7-2/h8-11,14-17,20-23,26-29,86,90H,6-7,12-13,18-19,24-25,30-85H2,1-5H3/p+1/b10-8-,11-9-,16-14-,17-15-,22-20-,23-21-,28-26-,29-27-. The lowest BCUT2D eigenvalue weighted by molar-refractivity contribution is -0.870. The number of carboxylic acids is 1. The van der Waals surface area contributed by atoms with Crippen LogP contribution < -0.4 is 0 Å². The van der Waals surface area contributed by atoms with E-state index in [1.54, 1.807) is 0 Å². The van der Waals surface area contributed by atoms with Gasteiger partial charge in [0.15, 0.2) is 6.10 Å². The van der Waals surface area contributed by atoms with Crippen LogP contribution in [0.25, 0.3) is 0 Å². The molecule has 0 fully saturated rings. The Morgan fingerprint density at radius 3 is 0.808 bits per heavy atom. The summed E-state index contributed by atoms with van der Waals surface area (Å²) in [6.07, 6.45) is 109. The number of ether oxygens (including phenoxy) is 4. The van der Waals surface area contributed by atoms with E-state index in [1.807, 2.05) is 21.1 Å². The summed E-state index contributed by atoms with van der Waals surface area (Å²) in [5, 5.41) is 9.79. The number of quaternary nitrogens is 1. The molecule has 574 valence electrons. The van der Waals surface area contributed by atoms with Crippen LogP contribution in [0.5, 0.6) is 0 Å². The lowest BCUT2D eigenvalue weighted by atomic mass is 10.0. The van der Waals surface area contributed by atoms with E-state index >= 15 is 0 Å². The third-order valence-corrected chi connectivity index (χ3v) is 18.8. The average Bonchev–Trinajstić information content (AvgIpc) is 2.62. The van der Waals surface area contributed by atoms with Gasteiger partial charge in [0.05, 0.1) is 34.4 Å². The van der Waals surface area contributed by atoms with E-state index in [0.717, 1.165) is 89.9 Å². The molecule has 0 bridgehead atoms. The van der Waals surface area contributed by atoms with Crippen molar-refractivity contribution in [3.8, 4) is 0 Å². The van der Waals surface area contributed by atoms with Gasteiger partial charge in [-0.1, -0.05) is 394 Å². The van der Waals surface area contributed by atoms with E-state index in [1.165, 1.54) is 283 Å². The smallest absolute Gasteiger partial charge is 0.361 e. The molecule has 9 heteroatoms. The SMILES string of the molecule is CC/C=C\C/C=C\C/C=C\C/C=C\CCCCCCCCCCCCCCCCCCCCCCCCCCCCCCC(=O)OC(COC(=O)CCCCCCCCCCCCCCCCCCCCCC/C=C\C/C=C\C/C=C\C/C=C\CC)COC(OCC[N+](C)(C)C)C(=O)O. The molecule has 0 aliphatic rings. The van der Waals surface area contributed by atoms with Gasteiger partial charge < -0.3 is 28.5 Å². The zero-order chi connectivity index (χ0) is 71.8. The van der Waals surface area contributed by atoms with E-state index in [2.05, 4.69) is 111 Å². The molecule has 0 aromatic carbocycles. The minimum absolute atomic E-state index is 0.178. The number of carboxylic acid groups (broad SMARTS) is 1. The van der Waals surface area contributed by atoms with Crippen LogP contribution in [-0.4, -0.2) is 87.4 Å². The number of hydrogen-bond acceptors (Lipinski definition) is 7. The molecule has 0 saturated heterocycles. The Labute approximate surface area is 613 Å². The van der Waals surface area contributed by atoms with Crippen molar-refractivity contribution in [1.29, 1.82) is 0 Å². The number of rotatable bonds is 79. The lowest BCUT2D eigenvalue weighted by Crippen LogP contribution is -2.40. The summed E-state index contributed by atoms with van der Waals surface area (Å²) in [6, 6.07) is 0. The van der Waals surface area contributed by atoms with Gasteiger partial charge in [0.2, 0.25) is 0 Å². The highest BCUT2D eigenvalue weighted by Crippen LogP contribution is 2.20. The summed E-state index contributed by atoms with van der Waals surface area (Å²) >= 11 is 0. The van der Waals surface area contributed by atoms with E-state index in [9.17, 15) is 19.5 Å². The quantitative estimate of drug-likeness (QED) is 0.0211. The fourth-order valence-corrected chi connectivity index (χ4v) is 12.5. The molecule has 2 unspecified atom stereocenters. The van der Waals surface area contributed by atoms with Gasteiger partial charge in [-0.2, -0.15) is 0 Å². The molecule has 0 radical (unpaired) electrons. The molecule has 0 spiro atoms. The van der Waals surface area contributed by atoms with Crippen molar-refractivity contribution in [2.24, 2.45) is 0 Å². The molecule has 2 atom stereocenters. The molecule has 9 nitrogen and oxygen atoms in total. The second kappa shape index (κ2) is 79.9. The maximum absolute atomic E-state index is 13.0. The van der Waals surface area contributed by atoms with E-state index in [4.69, 9.17) is 18.9 Å². The van der Waals surface area contributed by atoms with Crippen LogP contribution in [0.2, 0.25) is 0 Å². The van der Waals surface area contributed by atoms with E-state index < -0.39 is 18.4 Å². The van der Waals surface area contributed by atoms with Gasteiger partial charge in [-0.05, 0) is 89.9 Å². The van der Waals surface area contributed by atoms with E-state index in [0.29, 0.717) is 17.4 Å². The van der Waals surface area contributed by atoms with Crippen LogP contribution in [0.1, 0.15) is 399 Å². The van der Waals surface area contributed by atoms with Gasteiger partial charge >= 0.3 is 17.9 Å². The number of likely N-dealkylation sites (N-methyl/N-ethyl adjacent to an activating group) is 1. The highest BCUT2D eigenvalue weighted by atomic mass is 16.7. The minimum atomic E-state index is -1.51. The predicted octanol–water partition coefficient (Wildman–Crippen LogP) is 27.5. The van der Waals surface area contributed by atoms with Crippen molar-refractivity contribution in [3.05, 3.63) is 97.2 Å². The Kier molecular flexibility index (Phi) is 76.8. The van der Waals surface area contributed by atoms with Crippen molar-refractivity contribution in [1.82, 2.24) is 0 Å². The number of carbonyl (C=O) groups is 3. The van der Waals surface area contributed by atoms with Gasteiger partial charge in [0.1, 0.15) is 13.2 Å². The van der Waals surface area contributed by atoms with Gasteiger partial charge in [-0.15, -0.1) is 0 Å². The Bertz CT molecular complexity index is 1960. The number of carbonyl (C=O) groups excluding carboxylic acids is 2. The summed E-state index contributed by atoms with van der Waals surface area (Å²) in [4.78, 5) is 37.8. The van der Waals surface area contributed by atoms with Crippen LogP contribution in [0, 0.1) is 0 Å². The molecule has 0 aliphatic carbocycles. The van der Waals surface area contributed by atoms with Gasteiger partial charge in [-0.25, -0.2) is 4.79 Å². The number of esters is 2. The normalized spacial score (nSPS) is 13.1. The Balaban J connectivity index is 3.93. The molecule has 1 N–H and O–H groups in total. The Morgan fingerprint density at radius 2 is 0.545 bits per heavy atom. The van der Waals surface area contributed by atoms with Crippen LogP contribution >= 0.6 is 0 Å². The molecule has 0 rings (SSSR count). The molecule has 0 aromatic heterocycles. The summed E-state index contributed by atoms with van der Waals surface area (Å²) in [5.41, 5.74) is 0. The van der Waals surface area contributed by atoms with Crippen molar-refractivity contribution < 1.29 is 42.9 Å². The summed E-state index contributed by atoms with van der Waals surface area (Å²) < 4.78 is 23.1. The van der Waals surface area contributed by atoms with Crippen molar-refractivity contribution in [2.45, 2.75) is 411 Å².